The van der Waals surface area contributed by atoms with Crippen LogP contribution < -0.4 is 20.9 Å². The van der Waals surface area contributed by atoms with E-state index in [0.717, 1.165) is 67.3 Å². The highest BCUT2D eigenvalue weighted by atomic mass is 32.1. The van der Waals surface area contributed by atoms with Gasteiger partial charge in [0, 0.05) is 98.9 Å². The second kappa shape index (κ2) is 19.0. The third-order valence-corrected chi connectivity index (χ3v) is 13.6. The first-order chi connectivity index (χ1) is 31.9. The zero-order valence-corrected chi connectivity index (χ0v) is 36.7. The van der Waals surface area contributed by atoms with Crippen LogP contribution in [0.3, 0.4) is 0 Å². The molecule has 9 rings (SSSR count). The first-order valence-electron chi connectivity index (χ1n) is 22.0. The number of thiazole rings is 1. The van der Waals surface area contributed by atoms with Crippen molar-refractivity contribution in [2.45, 2.75) is 56.8 Å². The fourth-order valence-corrected chi connectivity index (χ4v) is 10.1. The van der Waals surface area contributed by atoms with E-state index in [2.05, 4.69) is 30.7 Å². The second-order valence-electron chi connectivity index (χ2n) is 16.8. The monoisotopic (exact) mass is 921 g/mol. The van der Waals surface area contributed by atoms with Crippen LogP contribution in [-0.2, 0) is 30.5 Å². The van der Waals surface area contributed by atoms with Gasteiger partial charge in [-0.2, -0.15) is 0 Å². The molecule has 2 atom stereocenters. The highest BCUT2D eigenvalue weighted by Crippen LogP contribution is 2.38. The summed E-state index contributed by atoms with van der Waals surface area (Å²) >= 11 is 1.20. The number of nitrogens with one attached hydrogen (secondary N) is 3. The van der Waals surface area contributed by atoms with E-state index in [1.807, 2.05) is 23.1 Å². The number of benzene rings is 3. The minimum Gasteiger partial charge on any atom is -0.508 e. The molecule has 0 saturated carbocycles. The summed E-state index contributed by atoms with van der Waals surface area (Å²) < 4.78 is 20.2. The summed E-state index contributed by atoms with van der Waals surface area (Å²) in [7, 11) is 0. The summed E-state index contributed by atoms with van der Waals surface area (Å²) in [5.74, 6) is -4.23. The highest BCUT2D eigenvalue weighted by Gasteiger charge is 2.46. The maximum absolute atomic E-state index is 14.4. The molecule has 66 heavy (non-hydrogen) atoms. The van der Waals surface area contributed by atoms with E-state index in [4.69, 9.17) is 4.74 Å². The molecule has 5 aliphatic heterocycles. The number of nitrogens with zero attached hydrogens (tertiary/aromatic N) is 6. The zero-order valence-electron chi connectivity index (χ0n) is 35.9. The lowest BCUT2D eigenvalue weighted by Gasteiger charge is -2.43. The number of phenolic OH excluding ortho intramolecular Hbond substituents is 1. The number of halogens is 1. The molecule has 0 aliphatic carbocycles. The number of carbonyl (C=O) groups excluding carboxylic acids is 7. The molecule has 3 saturated heterocycles. The second-order valence-corrected chi connectivity index (χ2v) is 17.7. The molecular weight excluding hydrogens is 874 g/mol. The van der Waals surface area contributed by atoms with E-state index in [1.54, 1.807) is 17.5 Å². The van der Waals surface area contributed by atoms with Crippen molar-refractivity contribution in [2.24, 2.45) is 0 Å². The van der Waals surface area contributed by atoms with E-state index in [1.165, 1.54) is 34.6 Å². The largest absolute Gasteiger partial charge is 0.508 e. The summed E-state index contributed by atoms with van der Waals surface area (Å²) in [6, 6.07) is 11.9. The molecule has 344 valence electrons. The Morgan fingerprint density at radius 2 is 1.71 bits per heavy atom. The number of ether oxygens (including phenoxy) is 1. The molecule has 7 amide bonds. The van der Waals surface area contributed by atoms with Crippen molar-refractivity contribution in [1.82, 2.24) is 29.9 Å². The number of hydrogen-bond acceptors (Lipinski definition) is 14. The van der Waals surface area contributed by atoms with Crippen LogP contribution >= 0.6 is 11.3 Å². The van der Waals surface area contributed by atoms with Crippen LogP contribution in [0.15, 0.2) is 66.2 Å². The number of fused-ring (bicyclic) bond motifs is 2. The highest BCUT2D eigenvalue weighted by molar-refractivity contribution is 7.13. The maximum Gasteiger partial charge on any atom is 0.264 e. The van der Waals surface area contributed by atoms with Gasteiger partial charge in [-0.1, -0.05) is 12.1 Å². The Morgan fingerprint density at radius 3 is 2.47 bits per heavy atom. The summed E-state index contributed by atoms with van der Waals surface area (Å²) in [4.78, 5) is 104. The van der Waals surface area contributed by atoms with Gasteiger partial charge >= 0.3 is 0 Å². The molecule has 3 aromatic carbocycles. The Morgan fingerprint density at radius 1 is 0.909 bits per heavy atom. The number of rotatable bonds is 14. The number of piperazine rings is 1. The molecule has 5 aliphatic rings. The third-order valence-electron chi connectivity index (χ3n) is 12.9. The van der Waals surface area contributed by atoms with Gasteiger partial charge in [0.1, 0.15) is 23.7 Å². The first-order valence-corrected chi connectivity index (χ1v) is 22.9. The Hall–Kier alpha value is -6.77. The van der Waals surface area contributed by atoms with Gasteiger partial charge in [-0.3, -0.25) is 54.0 Å². The summed E-state index contributed by atoms with van der Waals surface area (Å²) in [5, 5.41) is 20.8. The molecule has 18 nitrogen and oxygen atoms in total. The van der Waals surface area contributed by atoms with Crippen molar-refractivity contribution in [1.29, 1.82) is 0 Å². The SMILES string of the molecule is O=C1CCC(N2C(=O)c3cccc(NCCOCCC(=O)N4CCN(C5CCN(c6ccc7c(c6)C(=O)N(C(C(=O)Nc6nccs6)c6cc(F)ccc6O)C7)CC5)CC4)c3C2=O)C(=O)N1. The fraction of sp³-hybridized carbons (Fsp3) is 0.391. The number of anilines is 3. The molecule has 0 spiro atoms. The number of hydrogen-bond donors (Lipinski definition) is 4. The molecule has 6 heterocycles. The van der Waals surface area contributed by atoms with Gasteiger partial charge in [-0.05, 0) is 67.3 Å². The summed E-state index contributed by atoms with van der Waals surface area (Å²) in [6.45, 7) is 5.16. The lowest BCUT2D eigenvalue weighted by atomic mass is 10.0. The van der Waals surface area contributed by atoms with Crippen LogP contribution in [0.5, 0.6) is 5.75 Å². The van der Waals surface area contributed by atoms with Crippen LogP contribution in [0.4, 0.5) is 20.9 Å². The standard InChI is InChI=1S/C46H48FN9O9S/c47-28-5-8-36(57)33(24-28)40(42(61)51-46-49-14-23-66-46)55-26-27-4-6-30(25-32(27)43(55)62)52-15-10-29(11-16-52)53-17-19-54(20-18-53)38(59)12-21-65-22-13-48-34-3-1-2-31-39(34)45(64)56(44(31)63)35-7-9-37(58)50-41(35)60/h1-6,8,14,23-25,29,35,40,48,57H,7,9-13,15-22,26H2,(H,49,51,61)(H,50,58,60). The number of carbonyl (C=O) groups is 7. The normalized spacial score (nSPS) is 19.5. The average Bonchev–Trinajstić information content (AvgIpc) is 4.02. The van der Waals surface area contributed by atoms with Gasteiger partial charge in [-0.25, -0.2) is 9.37 Å². The summed E-state index contributed by atoms with van der Waals surface area (Å²) in [5.41, 5.74) is 2.84. The molecule has 4 aromatic rings. The molecule has 20 heteroatoms. The van der Waals surface area contributed by atoms with Crippen molar-refractivity contribution in [3.05, 3.63) is 99.8 Å². The zero-order chi connectivity index (χ0) is 46.1. The van der Waals surface area contributed by atoms with Crippen molar-refractivity contribution >= 4 is 69.2 Å². The topological polar surface area (TPSA) is 214 Å². The first kappa shape index (κ1) is 44.4. The van der Waals surface area contributed by atoms with Gasteiger partial charge in [0.2, 0.25) is 17.7 Å². The van der Waals surface area contributed by atoms with Crippen molar-refractivity contribution < 1.29 is 47.8 Å². The molecule has 4 N–H and O–H groups in total. The van der Waals surface area contributed by atoms with Crippen molar-refractivity contribution in [3.63, 3.8) is 0 Å². The smallest absolute Gasteiger partial charge is 0.264 e. The van der Waals surface area contributed by atoms with Gasteiger partial charge in [0.05, 0.1) is 30.8 Å². The minimum absolute atomic E-state index is 0.0138. The molecule has 0 radical (unpaired) electrons. The molecule has 3 fully saturated rings. The molecule has 1 aromatic heterocycles. The Labute approximate surface area is 382 Å². The van der Waals surface area contributed by atoms with Crippen LogP contribution in [-0.4, -0.2) is 142 Å². The molecule has 2 unspecified atom stereocenters. The van der Waals surface area contributed by atoms with Crippen LogP contribution in [0.25, 0.3) is 0 Å². The number of amides is 7. The number of aromatic hydroxyl groups is 1. The number of imide groups is 2. The number of phenols is 1. The fourth-order valence-electron chi connectivity index (χ4n) is 9.54. The molecule has 0 bridgehead atoms. The van der Waals surface area contributed by atoms with Crippen molar-refractivity contribution in [2.75, 3.05) is 74.6 Å². The molecular formula is C46H48FN9O9S. The number of piperidine rings is 2. The quantitative estimate of drug-likeness (QED) is 0.106. The minimum atomic E-state index is -1.31. The predicted octanol–water partition coefficient (Wildman–Crippen LogP) is 3.36. The van der Waals surface area contributed by atoms with E-state index >= 15 is 0 Å². The van der Waals surface area contributed by atoms with E-state index < -0.39 is 53.3 Å². The third kappa shape index (κ3) is 8.94. The van der Waals surface area contributed by atoms with Crippen LogP contribution in [0, 0.1) is 5.82 Å². The Kier molecular flexibility index (Phi) is 12.8. The van der Waals surface area contributed by atoms with Gasteiger partial charge in [-0.15, -0.1) is 11.3 Å². The van der Waals surface area contributed by atoms with Gasteiger partial charge in [0.25, 0.3) is 23.6 Å². The van der Waals surface area contributed by atoms with Gasteiger partial charge in [0.15, 0.2) is 5.13 Å². The number of aromatic nitrogens is 1. The lowest BCUT2D eigenvalue weighted by molar-refractivity contribution is -0.136. The Balaban J connectivity index is 0.710. The Bertz CT molecular complexity index is 2580. The van der Waals surface area contributed by atoms with Gasteiger partial charge < -0.3 is 29.9 Å². The van der Waals surface area contributed by atoms with Crippen molar-refractivity contribution in [3.8, 4) is 5.75 Å². The van der Waals surface area contributed by atoms with E-state index in [0.29, 0.717) is 42.1 Å². The average molecular weight is 922 g/mol. The maximum atomic E-state index is 14.4. The van der Waals surface area contributed by atoms with Crippen LogP contribution in [0.1, 0.15) is 80.3 Å². The summed E-state index contributed by atoms with van der Waals surface area (Å²) in [6.07, 6.45) is 3.67. The van der Waals surface area contributed by atoms with E-state index in [9.17, 15) is 43.1 Å². The van der Waals surface area contributed by atoms with E-state index in [-0.39, 0.29) is 67.4 Å². The lowest BCUT2D eigenvalue weighted by Crippen LogP contribution is -2.54. The van der Waals surface area contributed by atoms with Crippen LogP contribution in [0.2, 0.25) is 0 Å². The predicted molar refractivity (Wildman–Crippen MR) is 238 cm³/mol.